The predicted octanol–water partition coefficient (Wildman–Crippen LogP) is 2.31. The molecule has 0 bridgehead atoms. The number of benzene rings is 1. The number of likely N-dealkylation sites (tertiary alicyclic amines) is 1. The highest BCUT2D eigenvalue weighted by atomic mass is 32.2. The Bertz CT molecular complexity index is 762. The molecule has 22 heavy (non-hydrogen) atoms. The molecule has 0 radical (unpaired) electrons. The molecule has 2 heterocycles. The summed E-state index contributed by atoms with van der Waals surface area (Å²) in [4.78, 5) is 12.2. The molecular formula is C14H17N3O4S. The lowest BCUT2D eigenvalue weighted by Gasteiger charge is -2.40. The number of nitrogens with zero attached hydrogens (tertiary/aromatic N) is 3. The number of hydrogen-bond acceptors (Lipinski definition) is 5. The van der Waals surface area contributed by atoms with Crippen LogP contribution in [0, 0.1) is 10.1 Å². The van der Waals surface area contributed by atoms with Crippen LogP contribution in [0.5, 0.6) is 0 Å². The van der Waals surface area contributed by atoms with E-state index in [1.165, 1.54) is 12.1 Å². The lowest BCUT2D eigenvalue weighted by atomic mass is 9.96. The van der Waals surface area contributed by atoms with Gasteiger partial charge in [0.25, 0.3) is 15.7 Å². The van der Waals surface area contributed by atoms with E-state index < -0.39 is 14.9 Å². The first-order valence-corrected chi connectivity index (χ1v) is 8.67. The molecule has 1 saturated heterocycles. The number of non-ortho nitro benzene ring substituents is 1. The van der Waals surface area contributed by atoms with Gasteiger partial charge in [0.05, 0.1) is 4.92 Å². The van der Waals surface area contributed by atoms with Crippen molar-refractivity contribution in [1.29, 1.82) is 0 Å². The second kappa shape index (κ2) is 5.05. The molecule has 0 amide bonds. The third-order valence-electron chi connectivity index (χ3n) is 4.34. The fraction of sp³-hybridized carbons (Fsp3) is 0.500. The van der Waals surface area contributed by atoms with Gasteiger partial charge in [0.15, 0.2) is 5.84 Å². The molecule has 0 aromatic heterocycles. The molecule has 1 aromatic rings. The predicted molar refractivity (Wildman–Crippen MR) is 81.4 cm³/mol. The summed E-state index contributed by atoms with van der Waals surface area (Å²) in [6.07, 6.45) is 3.06. The summed E-state index contributed by atoms with van der Waals surface area (Å²) in [7, 11) is -3.87. The number of piperidine rings is 1. The first kappa shape index (κ1) is 15.0. The number of fused-ring (bicyclic) bond motifs is 1. The number of sulfonamides is 1. The van der Waals surface area contributed by atoms with Gasteiger partial charge in [-0.05, 0) is 39.2 Å². The summed E-state index contributed by atoms with van der Waals surface area (Å²) in [6, 6.07) is 4.30. The van der Waals surface area contributed by atoms with E-state index in [0.717, 1.165) is 25.3 Å². The van der Waals surface area contributed by atoms with E-state index >= 15 is 0 Å². The number of rotatable bonds is 1. The number of amidine groups is 1. The number of hydrogen-bond donors (Lipinski definition) is 0. The second-order valence-electron chi connectivity index (χ2n) is 5.86. The van der Waals surface area contributed by atoms with E-state index in [9.17, 15) is 18.5 Å². The van der Waals surface area contributed by atoms with Crippen molar-refractivity contribution < 1.29 is 13.3 Å². The highest BCUT2D eigenvalue weighted by Crippen LogP contribution is 2.34. The number of nitro groups is 1. The van der Waals surface area contributed by atoms with E-state index in [4.69, 9.17) is 0 Å². The van der Waals surface area contributed by atoms with Gasteiger partial charge in [0, 0.05) is 29.8 Å². The molecule has 2 aliphatic heterocycles. The quantitative estimate of drug-likeness (QED) is 0.584. The summed E-state index contributed by atoms with van der Waals surface area (Å²) in [5.41, 5.74) is 0.227. The number of nitro benzene ring substituents is 1. The minimum Gasteiger partial charge on any atom is -0.350 e. The molecule has 2 atom stereocenters. The molecule has 1 aromatic carbocycles. The minimum absolute atomic E-state index is 0.0679. The Morgan fingerprint density at radius 2 is 1.91 bits per heavy atom. The maximum Gasteiger partial charge on any atom is 0.285 e. The van der Waals surface area contributed by atoms with Crippen LogP contribution in [0.25, 0.3) is 0 Å². The van der Waals surface area contributed by atoms with E-state index in [0.29, 0.717) is 11.4 Å². The van der Waals surface area contributed by atoms with Crippen LogP contribution in [0.3, 0.4) is 0 Å². The van der Waals surface area contributed by atoms with Crippen molar-refractivity contribution in [2.45, 2.75) is 50.1 Å². The molecule has 2 unspecified atom stereocenters. The van der Waals surface area contributed by atoms with Crippen molar-refractivity contribution in [3.8, 4) is 0 Å². The van der Waals surface area contributed by atoms with Crippen LogP contribution >= 0.6 is 0 Å². The molecule has 7 nitrogen and oxygen atoms in total. The largest absolute Gasteiger partial charge is 0.350 e. The average Bonchev–Trinajstić information content (AvgIpc) is 2.70. The van der Waals surface area contributed by atoms with Crippen molar-refractivity contribution in [2.24, 2.45) is 4.40 Å². The van der Waals surface area contributed by atoms with Crippen molar-refractivity contribution in [3.63, 3.8) is 0 Å². The molecule has 3 rings (SSSR count). The standard InChI is InChI=1S/C14H17N3O4S/c1-9-4-3-5-10(2)16(9)14-12-7-6-11(17(18)19)8-13(12)22(20,21)15-14/h6-10H,3-5H2,1-2H3. The van der Waals surface area contributed by atoms with Crippen LogP contribution in [-0.2, 0) is 10.0 Å². The van der Waals surface area contributed by atoms with Gasteiger partial charge in [-0.2, -0.15) is 8.42 Å². The summed E-state index contributed by atoms with van der Waals surface area (Å²) < 4.78 is 28.4. The van der Waals surface area contributed by atoms with E-state index in [1.807, 2.05) is 18.7 Å². The van der Waals surface area contributed by atoms with Crippen molar-refractivity contribution in [1.82, 2.24) is 4.90 Å². The summed E-state index contributed by atoms with van der Waals surface area (Å²) >= 11 is 0. The van der Waals surface area contributed by atoms with E-state index in [2.05, 4.69) is 4.40 Å². The molecule has 0 spiro atoms. The van der Waals surface area contributed by atoms with Crippen molar-refractivity contribution in [2.75, 3.05) is 0 Å². The van der Waals surface area contributed by atoms with Gasteiger partial charge in [-0.1, -0.05) is 0 Å². The molecule has 118 valence electrons. The van der Waals surface area contributed by atoms with Gasteiger partial charge >= 0.3 is 0 Å². The van der Waals surface area contributed by atoms with Gasteiger partial charge in [-0.15, -0.1) is 4.40 Å². The summed E-state index contributed by atoms with van der Waals surface area (Å²) in [5, 5.41) is 10.9. The van der Waals surface area contributed by atoms with Crippen LogP contribution in [0.2, 0.25) is 0 Å². The molecular weight excluding hydrogens is 306 g/mol. The normalized spacial score (nSPS) is 26.5. The Morgan fingerprint density at radius 3 is 2.50 bits per heavy atom. The Kier molecular flexibility index (Phi) is 3.43. The zero-order chi connectivity index (χ0) is 16.1. The summed E-state index contributed by atoms with van der Waals surface area (Å²) in [5.74, 6) is 0.421. The lowest BCUT2D eigenvalue weighted by Crippen LogP contribution is -2.47. The van der Waals surface area contributed by atoms with E-state index in [-0.39, 0.29) is 22.7 Å². The zero-order valence-electron chi connectivity index (χ0n) is 12.4. The topological polar surface area (TPSA) is 92.9 Å². The van der Waals surface area contributed by atoms with Crippen LogP contribution < -0.4 is 0 Å². The average molecular weight is 323 g/mol. The fourth-order valence-electron chi connectivity index (χ4n) is 3.26. The van der Waals surface area contributed by atoms with Crippen molar-refractivity contribution in [3.05, 3.63) is 33.9 Å². The van der Waals surface area contributed by atoms with Crippen LogP contribution in [0.4, 0.5) is 5.69 Å². The third-order valence-corrected chi connectivity index (χ3v) is 5.65. The Morgan fingerprint density at radius 1 is 1.27 bits per heavy atom. The highest BCUT2D eigenvalue weighted by molar-refractivity contribution is 7.90. The smallest absolute Gasteiger partial charge is 0.285 e. The van der Waals surface area contributed by atoms with Crippen LogP contribution in [-0.4, -0.2) is 36.2 Å². The van der Waals surface area contributed by atoms with Gasteiger partial charge in [-0.25, -0.2) is 0 Å². The van der Waals surface area contributed by atoms with Gasteiger partial charge < -0.3 is 4.90 Å². The summed E-state index contributed by atoms with van der Waals surface area (Å²) in [6.45, 7) is 4.10. The van der Waals surface area contributed by atoms with Gasteiger partial charge in [-0.3, -0.25) is 10.1 Å². The monoisotopic (exact) mass is 323 g/mol. The fourth-order valence-corrected chi connectivity index (χ4v) is 4.49. The maximum absolute atomic E-state index is 12.3. The molecule has 1 fully saturated rings. The Labute approximate surface area is 128 Å². The lowest BCUT2D eigenvalue weighted by molar-refractivity contribution is -0.385. The molecule has 2 aliphatic rings. The molecule has 0 saturated carbocycles. The van der Waals surface area contributed by atoms with Crippen LogP contribution in [0.1, 0.15) is 38.7 Å². The first-order chi connectivity index (χ1) is 10.3. The van der Waals surface area contributed by atoms with Crippen molar-refractivity contribution >= 4 is 21.5 Å². The Hall–Kier alpha value is -1.96. The SMILES string of the molecule is CC1CCCC(C)N1C1=NS(=O)(=O)c2cc([N+](=O)[O-])ccc21. The molecule has 0 N–H and O–H groups in total. The third kappa shape index (κ3) is 2.27. The Balaban J connectivity index is 2.12. The molecule has 8 heteroatoms. The van der Waals surface area contributed by atoms with E-state index in [1.54, 1.807) is 0 Å². The van der Waals surface area contributed by atoms with Gasteiger partial charge in [0.2, 0.25) is 0 Å². The second-order valence-corrected chi connectivity index (χ2v) is 7.44. The minimum atomic E-state index is -3.87. The highest BCUT2D eigenvalue weighted by Gasteiger charge is 2.37. The first-order valence-electron chi connectivity index (χ1n) is 7.23. The maximum atomic E-state index is 12.3. The van der Waals surface area contributed by atoms with Crippen LogP contribution in [0.15, 0.2) is 27.5 Å². The van der Waals surface area contributed by atoms with Gasteiger partial charge in [0.1, 0.15) is 4.90 Å². The molecule has 0 aliphatic carbocycles. The zero-order valence-corrected chi connectivity index (χ0v) is 13.2.